The maximum Gasteiger partial charge on any atom is 0.305 e. The molecule has 0 bridgehead atoms. The molecule has 0 aliphatic carbocycles. The molecule has 0 amide bonds. The quantitative estimate of drug-likeness (QED) is 0.431. The second-order valence-electron chi connectivity index (χ2n) is 3.86. The largest absolute Gasteiger partial charge is 0.469 e. The van der Waals surface area contributed by atoms with Crippen molar-refractivity contribution in [2.75, 3.05) is 21.3 Å². The van der Waals surface area contributed by atoms with Crippen molar-refractivity contribution in [2.24, 2.45) is 0 Å². The van der Waals surface area contributed by atoms with Crippen LogP contribution >= 0.6 is 22.6 Å². The van der Waals surface area contributed by atoms with Crippen LogP contribution in [0, 0.1) is 9.39 Å². The molecule has 0 saturated carbocycles. The standard InChI is InChI=1S/C13H16FIO4/c1-17-12(16)6-7-13(18-2,19-3)10-8-9(14)4-5-11(10)15/h4-5,8H,6-7H2,1-3H3. The molecule has 1 aromatic rings. The van der Waals surface area contributed by atoms with E-state index in [4.69, 9.17) is 9.47 Å². The Hall–Kier alpha value is -0.730. The minimum atomic E-state index is -1.16. The molecule has 0 spiro atoms. The Morgan fingerprint density at radius 2 is 1.95 bits per heavy atom. The summed E-state index contributed by atoms with van der Waals surface area (Å²) in [5.41, 5.74) is 0.557. The van der Waals surface area contributed by atoms with Crippen molar-refractivity contribution >= 4 is 28.6 Å². The highest BCUT2D eigenvalue weighted by Gasteiger charge is 2.35. The fourth-order valence-corrected chi connectivity index (χ4v) is 2.55. The molecule has 0 unspecified atom stereocenters. The number of carbonyl (C=O) groups is 1. The van der Waals surface area contributed by atoms with Gasteiger partial charge in [-0.1, -0.05) is 0 Å². The van der Waals surface area contributed by atoms with E-state index < -0.39 is 5.79 Å². The molecule has 1 rings (SSSR count). The molecule has 0 atom stereocenters. The first kappa shape index (κ1) is 16.3. The normalized spacial score (nSPS) is 11.4. The zero-order valence-corrected chi connectivity index (χ0v) is 13.2. The maximum atomic E-state index is 13.4. The highest BCUT2D eigenvalue weighted by Crippen LogP contribution is 2.34. The van der Waals surface area contributed by atoms with Crippen LogP contribution in [0.4, 0.5) is 4.39 Å². The van der Waals surface area contributed by atoms with Crippen LogP contribution in [0.3, 0.4) is 0 Å². The molecule has 0 fully saturated rings. The number of benzene rings is 1. The topological polar surface area (TPSA) is 44.8 Å². The van der Waals surface area contributed by atoms with Gasteiger partial charge in [0.25, 0.3) is 0 Å². The molecule has 19 heavy (non-hydrogen) atoms. The number of ether oxygens (including phenoxy) is 3. The minimum Gasteiger partial charge on any atom is -0.469 e. The monoisotopic (exact) mass is 382 g/mol. The summed E-state index contributed by atoms with van der Waals surface area (Å²) in [4.78, 5) is 11.3. The van der Waals surface area contributed by atoms with Crippen molar-refractivity contribution < 1.29 is 23.4 Å². The molecule has 0 aliphatic heterocycles. The molecule has 106 valence electrons. The van der Waals surface area contributed by atoms with Crippen LogP contribution in [0.5, 0.6) is 0 Å². The summed E-state index contributed by atoms with van der Waals surface area (Å²) < 4.78 is 29.6. The number of halogens is 2. The number of methoxy groups -OCH3 is 3. The number of hydrogen-bond acceptors (Lipinski definition) is 4. The third-order valence-corrected chi connectivity index (χ3v) is 3.82. The van der Waals surface area contributed by atoms with Crippen molar-refractivity contribution in [3.05, 3.63) is 33.1 Å². The molecule has 0 aliphatic rings. The third-order valence-electron chi connectivity index (χ3n) is 2.88. The van der Waals surface area contributed by atoms with E-state index in [-0.39, 0.29) is 24.6 Å². The Labute approximate surface area is 125 Å². The first-order valence-electron chi connectivity index (χ1n) is 5.61. The summed E-state index contributed by atoms with van der Waals surface area (Å²) in [6.07, 6.45) is 0.358. The van der Waals surface area contributed by atoms with Crippen LogP contribution in [-0.4, -0.2) is 27.3 Å². The molecular weight excluding hydrogens is 366 g/mol. The van der Waals surface area contributed by atoms with E-state index in [1.807, 2.05) is 0 Å². The van der Waals surface area contributed by atoms with Crippen molar-refractivity contribution in [1.29, 1.82) is 0 Å². The zero-order valence-electron chi connectivity index (χ0n) is 11.0. The molecule has 0 radical (unpaired) electrons. The lowest BCUT2D eigenvalue weighted by molar-refractivity contribution is -0.222. The van der Waals surface area contributed by atoms with Gasteiger partial charge in [-0.05, 0) is 40.8 Å². The van der Waals surface area contributed by atoms with E-state index in [0.29, 0.717) is 5.56 Å². The average Bonchev–Trinajstić information content (AvgIpc) is 2.43. The number of esters is 1. The molecule has 0 heterocycles. The predicted molar refractivity (Wildman–Crippen MR) is 76.1 cm³/mol. The van der Waals surface area contributed by atoms with Crippen molar-refractivity contribution in [2.45, 2.75) is 18.6 Å². The third kappa shape index (κ3) is 3.87. The molecule has 0 saturated heterocycles. The van der Waals surface area contributed by atoms with Gasteiger partial charge in [-0.25, -0.2) is 4.39 Å². The van der Waals surface area contributed by atoms with Crippen LogP contribution in [0.25, 0.3) is 0 Å². The van der Waals surface area contributed by atoms with Gasteiger partial charge in [-0.3, -0.25) is 4.79 Å². The predicted octanol–water partition coefficient (Wildman–Crippen LogP) is 2.83. The average molecular weight is 382 g/mol. The van der Waals surface area contributed by atoms with E-state index >= 15 is 0 Å². The van der Waals surface area contributed by atoms with Gasteiger partial charge in [0.15, 0.2) is 5.79 Å². The summed E-state index contributed by atoms with van der Waals surface area (Å²) in [5.74, 6) is -1.91. The van der Waals surface area contributed by atoms with E-state index in [1.54, 1.807) is 6.07 Å². The summed E-state index contributed by atoms with van der Waals surface area (Å²) >= 11 is 2.07. The molecule has 6 heteroatoms. The van der Waals surface area contributed by atoms with Crippen LogP contribution in [0.1, 0.15) is 18.4 Å². The maximum absolute atomic E-state index is 13.4. The first-order chi connectivity index (χ1) is 8.99. The highest BCUT2D eigenvalue weighted by atomic mass is 127. The molecule has 1 aromatic carbocycles. The number of rotatable bonds is 6. The Kier molecular flexibility index (Phi) is 6.15. The molecular formula is C13H16FIO4. The van der Waals surface area contributed by atoms with E-state index in [9.17, 15) is 9.18 Å². The van der Waals surface area contributed by atoms with Gasteiger partial charge >= 0.3 is 5.97 Å². The molecule has 4 nitrogen and oxygen atoms in total. The SMILES string of the molecule is COC(=O)CCC(OC)(OC)c1cc(F)ccc1I. The fourth-order valence-electron chi connectivity index (χ4n) is 1.80. The number of hydrogen-bond donors (Lipinski definition) is 0. The fraction of sp³-hybridized carbons (Fsp3) is 0.462. The van der Waals surface area contributed by atoms with Gasteiger partial charge < -0.3 is 14.2 Å². The molecule has 0 N–H and O–H groups in total. The van der Waals surface area contributed by atoms with Gasteiger partial charge in [0.2, 0.25) is 0 Å². The Morgan fingerprint density at radius 1 is 1.32 bits per heavy atom. The molecule has 0 aromatic heterocycles. The van der Waals surface area contributed by atoms with E-state index in [2.05, 4.69) is 27.3 Å². The second kappa shape index (κ2) is 7.16. The van der Waals surface area contributed by atoms with Gasteiger partial charge in [0.05, 0.1) is 13.5 Å². The smallest absolute Gasteiger partial charge is 0.305 e. The van der Waals surface area contributed by atoms with Crippen LogP contribution < -0.4 is 0 Å². The van der Waals surface area contributed by atoms with Gasteiger partial charge in [-0.2, -0.15) is 0 Å². The van der Waals surface area contributed by atoms with E-state index in [1.165, 1.54) is 33.5 Å². The van der Waals surface area contributed by atoms with Crippen molar-refractivity contribution in [3.63, 3.8) is 0 Å². The van der Waals surface area contributed by atoms with Crippen molar-refractivity contribution in [1.82, 2.24) is 0 Å². The summed E-state index contributed by atoms with van der Waals surface area (Å²) in [5, 5.41) is 0. The zero-order chi connectivity index (χ0) is 14.5. The lowest BCUT2D eigenvalue weighted by atomic mass is 10.00. The second-order valence-corrected chi connectivity index (χ2v) is 5.02. The van der Waals surface area contributed by atoms with Gasteiger partial charge in [-0.15, -0.1) is 0 Å². The Morgan fingerprint density at radius 3 is 2.47 bits per heavy atom. The minimum absolute atomic E-state index is 0.116. The summed E-state index contributed by atoms with van der Waals surface area (Å²) in [6.45, 7) is 0. The Balaban J connectivity index is 3.10. The lowest BCUT2D eigenvalue weighted by Gasteiger charge is -2.32. The van der Waals surface area contributed by atoms with Gasteiger partial charge in [0, 0.05) is 29.8 Å². The van der Waals surface area contributed by atoms with Crippen LogP contribution in [0.2, 0.25) is 0 Å². The summed E-state index contributed by atoms with van der Waals surface area (Å²) in [7, 11) is 4.24. The van der Waals surface area contributed by atoms with E-state index in [0.717, 1.165) is 3.57 Å². The van der Waals surface area contributed by atoms with Gasteiger partial charge in [0.1, 0.15) is 5.82 Å². The highest BCUT2D eigenvalue weighted by molar-refractivity contribution is 14.1. The Bertz CT molecular complexity index is 446. The lowest BCUT2D eigenvalue weighted by Crippen LogP contribution is -2.33. The first-order valence-corrected chi connectivity index (χ1v) is 6.69. The summed E-state index contributed by atoms with van der Waals surface area (Å²) in [6, 6.07) is 4.35. The van der Waals surface area contributed by atoms with Crippen LogP contribution in [0.15, 0.2) is 18.2 Å². The number of carbonyl (C=O) groups excluding carboxylic acids is 1. The van der Waals surface area contributed by atoms with Crippen LogP contribution in [-0.2, 0) is 24.8 Å². The van der Waals surface area contributed by atoms with Crippen molar-refractivity contribution in [3.8, 4) is 0 Å².